The molecule has 0 unspecified atom stereocenters. The zero-order valence-electron chi connectivity index (χ0n) is 17.1. The number of alkyl halides is 2. The Bertz CT molecular complexity index is 992. The maximum atomic E-state index is 12.3. The Kier molecular flexibility index (Phi) is 7.71. The number of thiazole rings is 1. The molecule has 30 heavy (non-hydrogen) atoms. The average molecular weight is 451 g/mol. The zero-order valence-corrected chi connectivity index (χ0v) is 18.8. The number of thioether (sulfide) groups is 1. The van der Waals surface area contributed by atoms with Gasteiger partial charge in [-0.15, -0.1) is 11.3 Å². The van der Waals surface area contributed by atoms with Crippen LogP contribution in [0.2, 0.25) is 0 Å². The molecule has 0 aliphatic rings. The van der Waals surface area contributed by atoms with Crippen LogP contribution in [0.4, 0.5) is 8.78 Å². The number of halogens is 2. The number of rotatable bonds is 9. The van der Waals surface area contributed by atoms with Gasteiger partial charge in [0, 0.05) is 43.4 Å². The Hall–Kier alpha value is -2.13. The highest BCUT2D eigenvalue weighted by Gasteiger charge is 2.12. The van der Waals surface area contributed by atoms with E-state index in [9.17, 15) is 13.6 Å². The van der Waals surface area contributed by atoms with E-state index < -0.39 is 5.76 Å². The molecule has 1 amide bonds. The van der Waals surface area contributed by atoms with Crippen molar-refractivity contribution in [2.75, 3.05) is 14.1 Å². The van der Waals surface area contributed by atoms with Crippen molar-refractivity contribution in [2.24, 2.45) is 5.92 Å². The monoisotopic (exact) mass is 450 g/mol. The molecule has 160 valence electrons. The van der Waals surface area contributed by atoms with Gasteiger partial charge in [-0.1, -0.05) is 18.7 Å². The van der Waals surface area contributed by atoms with Crippen LogP contribution in [0.3, 0.4) is 0 Å². The number of benzene rings is 1. The van der Waals surface area contributed by atoms with Gasteiger partial charge in [0.05, 0.1) is 15.2 Å². The normalized spacial score (nSPS) is 12.5. The number of hydrogen-bond donors (Lipinski definition) is 0. The summed E-state index contributed by atoms with van der Waals surface area (Å²) in [5, 5.41) is 1.07. The summed E-state index contributed by atoms with van der Waals surface area (Å²) in [6.07, 6.45) is 6.43. The lowest BCUT2D eigenvalue weighted by molar-refractivity contribution is 0.0828. The van der Waals surface area contributed by atoms with E-state index in [1.165, 1.54) is 12.4 Å². The van der Waals surface area contributed by atoms with Crippen molar-refractivity contribution < 1.29 is 13.6 Å². The maximum absolute atomic E-state index is 12.3. The molecule has 2 heterocycles. The molecule has 2 aromatic heterocycles. The standard InChI is InChI=1S/C21H24F2N4OS2/c1-13(4-8-18-24-11-15(12-25-18)29-21(22)23)5-9-19-26-16-7-6-14(10-17(16)30-19)20(28)27(2)3/h6-7,10-13,21H,4-5,8-9H2,1-3H3/t13-/m0/s1. The van der Waals surface area contributed by atoms with Gasteiger partial charge in [0.1, 0.15) is 5.82 Å². The van der Waals surface area contributed by atoms with Crippen LogP contribution in [0.15, 0.2) is 35.5 Å². The smallest absolute Gasteiger partial charge is 0.289 e. The van der Waals surface area contributed by atoms with Crippen LogP contribution in [0.1, 0.15) is 41.0 Å². The first-order chi connectivity index (χ1) is 14.3. The number of carbonyl (C=O) groups excluding carboxylic acids is 1. The van der Waals surface area contributed by atoms with Crippen LogP contribution < -0.4 is 0 Å². The van der Waals surface area contributed by atoms with Gasteiger partial charge < -0.3 is 4.90 Å². The quantitative estimate of drug-likeness (QED) is 0.414. The third-order valence-electron chi connectivity index (χ3n) is 4.70. The van der Waals surface area contributed by atoms with Crippen molar-refractivity contribution in [2.45, 2.75) is 43.3 Å². The summed E-state index contributed by atoms with van der Waals surface area (Å²) in [6, 6.07) is 5.64. The second-order valence-corrected chi connectivity index (χ2v) is 9.56. The van der Waals surface area contributed by atoms with E-state index in [0.29, 0.717) is 34.0 Å². The van der Waals surface area contributed by atoms with Crippen LogP contribution in [-0.4, -0.2) is 45.6 Å². The van der Waals surface area contributed by atoms with Crippen LogP contribution in [0.25, 0.3) is 10.2 Å². The molecule has 0 aliphatic heterocycles. The second-order valence-electron chi connectivity index (χ2n) is 7.39. The molecule has 5 nitrogen and oxygen atoms in total. The summed E-state index contributed by atoms with van der Waals surface area (Å²) in [7, 11) is 3.49. The Morgan fingerprint density at radius 1 is 1.17 bits per heavy atom. The van der Waals surface area contributed by atoms with Gasteiger partial charge in [-0.05, 0) is 43.4 Å². The Morgan fingerprint density at radius 3 is 2.53 bits per heavy atom. The summed E-state index contributed by atoms with van der Waals surface area (Å²) < 4.78 is 25.7. The van der Waals surface area contributed by atoms with Crippen molar-refractivity contribution in [3.05, 3.63) is 47.0 Å². The molecule has 3 aromatic rings. The lowest BCUT2D eigenvalue weighted by Crippen LogP contribution is -2.21. The van der Waals surface area contributed by atoms with E-state index in [0.717, 1.165) is 40.9 Å². The fourth-order valence-corrected chi connectivity index (χ4v) is 4.45. The largest absolute Gasteiger partial charge is 0.345 e. The molecule has 0 bridgehead atoms. The number of nitrogens with zero attached hydrogens (tertiary/aromatic N) is 4. The first-order valence-corrected chi connectivity index (χ1v) is 11.4. The fourth-order valence-electron chi connectivity index (χ4n) is 3.00. The molecule has 1 atom stereocenters. The molecule has 0 N–H and O–H groups in total. The Morgan fingerprint density at radius 2 is 1.87 bits per heavy atom. The summed E-state index contributed by atoms with van der Waals surface area (Å²) in [5.41, 5.74) is 1.60. The number of amides is 1. The first-order valence-electron chi connectivity index (χ1n) is 9.68. The lowest BCUT2D eigenvalue weighted by Gasteiger charge is -2.09. The molecule has 0 radical (unpaired) electrons. The number of fused-ring (bicyclic) bond motifs is 1. The minimum atomic E-state index is -2.46. The minimum Gasteiger partial charge on any atom is -0.345 e. The van der Waals surface area contributed by atoms with Crippen LogP contribution >= 0.6 is 23.1 Å². The van der Waals surface area contributed by atoms with Gasteiger partial charge in [-0.3, -0.25) is 4.79 Å². The van der Waals surface area contributed by atoms with Crippen molar-refractivity contribution in [1.82, 2.24) is 19.9 Å². The van der Waals surface area contributed by atoms with Gasteiger partial charge >= 0.3 is 0 Å². The number of aromatic nitrogens is 3. The highest BCUT2D eigenvalue weighted by Crippen LogP contribution is 2.26. The van der Waals surface area contributed by atoms with Gasteiger partial charge in [0.15, 0.2) is 0 Å². The van der Waals surface area contributed by atoms with E-state index in [4.69, 9.17) is 0 Å². The van der Waals surface area contributed by atoms with Crippen LogP contribution in [-0.2, 0) is 12.8 Å². The fraction of sp³-hybridized carbons (Fsp3) is 0.429. The number of hydrogen-bond acceptors (Lipinski definition) is 6. The second kappa shape index (κ2) is 10.3. The van der Waals surface area contributed by atoms with Crippen molar-refractivity contribution in [3.8, 4) is 0 Å². The molecule has 0 fully saturated rings. The topological polar surface area (TPSA) is 59.0 Å². The van der Waals surface area contributed by atoms with Gasteiger partial charge in [0.25, 0.3) is 11.7 Å². The SMILES string of the molecule is C[C@@H](CCc1ncc(SC(F)F)cn1)CCc1nc2ccc(C(=O)N(C)C)cc2s1. The summed E-state index contributed by atoms with van der Waals surface area (Å²) in [6.45, 7) is 2.18. The Labute approximate surface area is 182 Å². The molecule has 0 aliphatic carbocycles. The third kappa shape index (κ3) is 6.18. The van der Waals surface area contributed by atoms with Gasteiger partial charge in [-0.25, -0.2) is 15.0 Å². The zero-order chi connectivity index (χ0) is 21.7. The summed E-state index contributed by atoms with van der Waals surface area (Å²) in [5.74, 6) is -1.33. The van der Waals surface area contributed by atoms with Crippen LogP contribution in [0.5, 0.6) is 0 Å². The van der Waals surface area contributed by atoms with E-state index in [2.05, 4.69) is 21.9 Å². The number of aryl methyl sites for hydroxylation is 2. The number of carbonyl (C=O) groups is 1. The van der Waals surface area contributed by atoms with E-state index in [1.807, 2.05) is 18.2 Å². The van der Waals surface area contributed by atoms with Crippen LogP contribution in [0, 0.1) is 5.92 Å². The molecule has 0 saturated heterocycles. The summed E-state index contributed by atoms with van der Waals surface area (Å²) in [4.78, 5) is 27.1. The molecule has 9 heteroatoms. The third-order valence-corrected chi connectivity index (χ3v) is 6.44. The predicted octanol–water partition coefficient (Wildman–Crippen LogP) is 5.30. The molecule has 1 aromatic carbocycles. The lowest BCUT2D eigenvalue weighted by atomic mass is 10.00. The molecular formula is C21H24F2N4OS2. The molecule has 0 saturated carbocycles. The van der Waals surface area contributed by atoms with Crippen molar-refractivity contribution >= 4 is 39.2 Å². The first kappa shape index (κ1) is 22.6. The predicted molar refractivity (Wildman–Crippen MR) is 117 cm³/mol. The summed E-state index contributed by atoms with van der Waals surface area (Å²) >= 11 is 2.09. The van der Waals surface area contributed by atoms with E-state index in [1.54, 1.807) is 30.3 Å². The van der Waals surface area contributed by atoms with Gasteiger partial charge in [-0.2, -0.15) is 8.78 Å². The van der Waals surface area contributed by atoms with E-state index in [-0.39, 0.29) is 5.91 Å². The molecule has 3 rings (SSSR count). The average Bonchev–Trinajstić information content (AvgIpc) is 3.12. The Balaban J connectivity index is 1.51. The molecular weight excluding hydrogens is 426 g/mol. The van der Waals surface area contributed by atoms with Gasteiger partial charge in [0.2, 0.25) is 0 Å². The molecule has 0 spiro atoms. The van der Waals surface area contributed by atoms with Crippen molar-refractivity contribution in [3.63, 3.8) is 0 Å². The highest BCUT2D eigenvalue weighted by molar-refractivity contribution is 7.99. The minimum absolute atomic E-state index is 0.0106. The maximum Gasteiger partial charge on any atom is 0.289 e. The van der Waals surface area contributed by atoms with E-state index >= 15 is 0 Å². The van der Waals surface area contributed by atoms with Crippen molar-refractivity contribution in [1.29, 1.82) is 0 Å². The highest BCUT2D eigenvalue weighted by atomic mass is 32.2.